The monoisotopic (exact) mass is 660 g/mol. The van der Waals surface area contributed by atoms with Crippen molar-refractivity contribution in [2.45, 2.75) is 130 Å². The number of ether oxygens (including phenoxy) is 3. The molecule has 260 valence electrons. The first kappa shape index (κ1) is 38.6. The highest BCUT2D eigenvalue weighted by molar-refractivity contribution is 5.91. The molecule has 0 saturated carbocycles. The van der Waals surface area contributed by atoms with E-state index in [1.165, 1.54) is 88.8 Å². The van der Waals surface area contributed by atoms with Crippen LogP contribution < -0.4 is 14.2 Å². The van der Waals surface area contributed by atoms with Gasteiger partial charge in [-0.05, 0) is 86.8 Å². The maximum absolute atomic E-state index is 14.6. The fraction of sp³-hybridized carbons (Fsp3) is 0.500. The van der Waals surface area contributed by atoms with Crippen LogP contribution in [0.4, 0.5) is 8.78 Å². The van der Waals surface area contributed by atoms with Gasteiger partial charge in [-0.1, -0.05) is 109 Å². The Labute approximate surface area is 287 Å². The topological polar surface area (TPSA) is 44.8 Å². The molecule has 1 atom stereocenters. The van der Waals surface area contributed by atoms with Gasteiger partial charge in [0.1, 0.15) is 5.75 Å². The zero-order valence-corrected chi connectivity index (χ0v) is 29.3. The smallest absolute Gasteiger partial charge is 0.343 e. The quantitative estimate of drug-likeness (QED) is 0.0466. The third-order valence-corrected chi connectivity index (χ3v) is 8.31. The zero-order chi connectivity index (χ0) is 34.4. The minimum absolute atomic E-state index is 0.0535. The highest BCUT2D eigenvalue weighted by atomic mass is 19.1. The molecule has 0 bridgehead atoms. The molecule has 0 aliphatic heterocycles. The van der Waals surface area contributed by atoms with Crippen molar-refractivity contribution in [3.8, 4) is 29.1 Å². The van der Waals surface area contributed by atoms with Crippen molar-refractivity contribution in [2.75, 3.05) is 6.61 Å². The van der Waals surface area contributed by atoms with Crippen molar-refractivity contribution in [3.05, 3.63) is 89.0 Å². The van der Waals surface area contributed by atoms with Crippen molar-refractivity contribution in [2.24, 2.45) is 0 Å². The number of unbranched alkanes of at least 4 members (excludes halogenated alkanes) is 13. The molecule has 3 aromatic rings. The molecule has 0 aliphatic carbocycles. The zero-order valence-electron chi connectivity index (χ0n) is 29.3. The Morgan fingerprint density at radius 1 is 0.646 bits per heavy atom. The molecule has 6 heteroatoms. The van der Waals surface area contributed by atoms with Gasteiger partial charge in [-0.15, -0.1) is 0 Å². The molecule has 0 aliphatic rings. The Bertz CT molecular complexity index is 1420. The third-order valence-electron chi connectivity index (χ3n) is 8.31. The summed E-state index contributed by atoms with van der Waals surface area (Å²) in [5.74, 6) is 4.93. The summed E-state index contributed by atoms with van der Waals surface area (Å²) in [7, 11) is 0. The van der Waals surface area contributed by atoms with Crippen LogP contribution in [0.1, 0.15) is 145 Å². The molecule has 0 heterocycles. The number of rotatable bonds is 22. The van der Waals surface area contributed by atoms with Crippen LogP contribution >= 0.6 is 0 Å². The van der Waals surface area contributed by atoms with E-state index in [1.54, 1.807) is 36.4 Å². The molecule has 4 nitrogen and oxygen atoms in total. The summed E-state index contributed by atoms with van der Waals surface area (Å²) >= 11 is 0. The van der Waals surface area contributed by atoms with Gasteiger partial charge in [0.15, 0.2) is 23.1 Å². The van der Waals surface area contributed by atoms with Gasteiger partial charge in [0.2, 0.25) is 0 Å². The minimum atomic E-state index is -0.669. The largest absolute Gasteiger partial charge is 0.491 e. The highest BCUT2D eigenvalue weighted by Gasteiger charge is 2.13. The number of hydrogen-bond acceptors (Lipinski definition) is 4. The fourth-order valence-corrected chi connectivity index (χ4v) is 5.42. The second-order valence-corrected chi connectivity index (χ2v) is 12.6. The van der Waals surface area contributed by atoms with Crippen LogP contribution in [-0.2, 0) is 0 Å². The first-order valence-electron chi connectivity index (χ1n) is 18.1. The lowest BCUT2D eigenvalue weighted by Gasteiger charge is -2.15. The lowest BCUT2D eigenvalue weighted by atomic mass is 10.1. The molecule has 0 amide bonds. The number of carbonyl (C=O) groups is 1. The van der Waals surface area contributed by atoms with E-state index in [-0.39, 0.29) is 23.2 Å². The molecule has 0 aromatic heterocycles. The predicted octanol–water partition coefficient (Wildman–Crippen LogP) is 12.0. The normalized spacial score (nSPS) is 11.4. The maximum atomic E-state index is 14.6. The summed E-state index contributed by atoms with van der Waals surface area (Å²) in [5.41, 5.74) is 1.29. The molecule has 0 spiro atoms. The van der Waals surface area contributed by atoms with E-state index >= 15 is 0 Å². The van der Waals surface area contributed by atoms with Gasteiger partial charge in [0.05, 0.1) is 18.3 Å². The lowest BCUT2D eigenvalue weighted by Crippen LogP contribution is -2.12. The minimum Gasteiger partial charge on any atom is -0.491 e. The number of halogens is 2. The second-order valence-electron chi connectivity index (χ2n) is 12.6. The number of carbonyl (C=O) groups excluding carboxylic acids is 1. The van der Waals surface area contributed by atoms with Gasteiger partial charge < -0.3 is 14.2 Å². The van der Waals surface area contributed by atoms with Crippen molar-refractivity contribution in [1.29, 1.82) is 0 Å². The lowest BCUT2D eigenvalue weighted by molar-refractivity contribution is 0.0734. The summed E-state index contributed by atoms with van der Waals surface area (Å²) in [6.07, 6.45) is 19.1. The Morgan fingerprint density at radius 2 is 1.19 bits per heavy atom. The molecule has 1 unspecified atom stereocenters. The van der Waals surface area contributed by atoms with Crippen LogP contribution in [0, 0.1) is 23.5 Å². The maximum Gasteiger partial charge on any atom is 0.343 e. The van der Waals surface area contributed by atoms with Gasteiger partial charge in [0.25, 0.3) is 0 Å². The molecule has 3 aromatic carbocycles. The first-order valence-corrected chi connectivity index (χ1v) is 18.1. The standard InChI is InChI=1S/C42H54F2O4/c1-4-6-8-10-11-12-13-14-15-16-18-30-46-40-29-25-36(32-39(40)44)42(45)48-37-26-22-34(23-27-37)20-21-35-24-28-41(38(43)31-35)47-33(3)19-17-9-7-5-2/h22-29,31-33H,4-19,30H2,1-3H3. The van der Waals surface area contributed by atoms with E-state index in [2.05, 4.69) is 25.7 Å². The van der Waals surface area contributed by atoms with Crippen LogP contribution in [0.5, 0.6) is 17.2 Å². The molecular formula is C42H54F2O4. The van der Waals surface area contributed by atoms with Crippen molar-refractivity contribution < 1.29 is 27.8 Å². The molecule has 0 saturated heterocycles. The number of esters is 1. The van der Waals surface area contributed by atoms with E-state index in [1.807, 2.05) is 6.92 Å². The first-order chi connectivity index (χ1) is 23.4. The molecule has 0 radical (unpaired) electrons. The summed E-state index contributed by atoms with van der Waals surface area (Å²) in [6, 6.07) is 15.5. The second kappa shape index (κ2) is 22.7. The predicted molar refractivity (Wildman–Crippen MR) is 191 cm³/mol. The van der Waals surface area contributed by atoms with E-state index in [4.69, 9.17) is 14.2 Å². The van der Waals surface area contributed by atoms with Gasteiger partial charge in [-0.2, -0.15) is 0 Å². The Balaban J connectivity index is 1.39. The Hall–Kier alpha value is -3.85. The van der Waals surface area contributed by atoms with Crippen LogP contribution in [-0.4, -0.2) is 18.7 Å². The van der Waals surface area contributed by atoms with Gasteiger partial charge >= 0.3 is 5.97 Å². The average Bonchev–Trinajstić information content (AvgIpc) is 3.08. The van der Waals surface area contributed by atoms with Crippen molar-refractivity contribution >= 4 is 5.97 Å². The van der Waals surface area contributed by atoms with Crippen LogP contribution in [0.25, 0.3) is 0 Å². The average molecular weight is 661 g/mol. The van der Waals surface area contributed by atoms with Gasteiger partial charge in [-0.3, -0.25) is 0 Å². The fourth-order valence-electron chi connectivity index (χ4n) is 5.42. The third kappa shape index (κ3) is 14.9. The molecule has 0 N–H and O–H groups in total. The van der Waals surface area contributed by atoms with Crippen LogP contribution in [0.2, 0.25) is 0 Å². The summed E-state index contributed by atoms with van der Waals surface area (Å²) in [6.45, 7) is 6.82. The molecule has 0 fully saturated rings. The van der Waals surface area contributed by atoms with E-state index in [0.29, 0.717) is 23.5 Å². The van der Waals surface area contributed by atoms with Crippen LogP contribution in [0.3, 0.4) is 0 Å². The number of benzene rings is 3. The number of hydrogen-bond donors (Lipinski definition) is 0. The van der Waals surface area contributed by atoms with E-state index < -0.39 is 17.6 Å². The van der Waals surface area contributed by atoms with Gasteiger partial charge in [0, 0.05) is 11.1 Å². The molecule has 48 heavy (non-hydrogen) atoms. The summed E-state index contributed by atoms with van der Waals surface area (Å²) in [5, 5.41) is 0. The summed E-state index contributed by atoms with van der Waals surface area (Å²) in [4.78, 5) is 12.6. The molecule has 3 rings (SSSR count). The highest BCUT2D eigenvalue weighted by Crippen LogP contribution is 2.23. The van der Waals surface area contributed by atoms with Crippen LogP contribution in [0.15, 0.2) is 60.7 Å². The van der Waals surface area contributed by atoms with E-state index in [9.17, 15) is 13.6 Å². The van der Waals surface area contributed by atoms with Gasteiger partial charge in [-0.25, -0.2) is 13.6 Å². The Morgan fingerprint density at radius 3 is 1.81 bits per heavy atom. The Kier molecular flexibility index (Phi) is 18.2. The van der Waals surface area contributed by atoms with Crippen molar-refractivity contribution in [1.82, 2.24) is 0 Å². The van der Waals surface area contributed by atoms with E-state index in [0.717, 1.165) is 38.2 Å². The summed E-state index contributed by atoms with van der Waals surface area (Å²) < 4.78 is 46.1. The SMILES string of the molecule is CCCCCCCCCCCCCOc1ccc(C(=O)Oc2ccc(C#Cc3ccc(OC(C)CCCCCC)c(F)c3)cc2)cc1F. The van der Waals surface area contributed by atoms with Crippen molar-refractivity contribution in [3.63, 3.8) is 0 Å². The molecular weight excluding hydrogens is 606 g/mol.